The Labute approximate surface area is 143 Å². The van der Waals surface area contributed by atoms with Gasteiger partial charge in [0.05, 0.1) is 0 Å². The first-order chi connectivity index (χ1) is 11.8. The minimum Gasteiger partial charge on any atom is -0.371 e. The van der Waals surface area contributed by atoms with Crippen molar-refractivity contribution in [1.29, 1.82) is 0 Å². The van der Waals surface area contributed by atoms with Crippen molar-refractivity contribution in [2.24, 2.45) is 0 Å². The molecule has 0 saturated heterocycles. The molecule has 0 aliphatic carbocycles. The number of carbonyl (C=O) groups is 1. The first-order valence-corrected chi connectivity index (χ1v) is 9.04. The highest BCUT2D eigenvalue weighted by atomic mass is 16.2. The Hall–Kier alpha value is -2.29. The molecule has 3 heteroatoms. The molecule has 0 N–H and O–H groups in total. The van der Waals surface area contributed by atoms with Crippen LogP contribution in [0.15, 0.2) is 48.5 Å². The van der Waals surface area contributed by atoms with Gasteiger partial charge in [0.2, 0.25) is 5.91 Å². The molecular formula is C21H24N2O. The van der Waals surface area contributed by atoms with Gasteiger partial charge >= 0.3 is 0 Å². The third-order valence-corrected chi connectivity index (χ3v) is 5.21. The Morgan fingerprint density at radius 2 is 1.46 bits per heavy atom. The number of aryl methyl sites for hydroxylation is 2. The number of hydrogen-bond donors (Lipinski definition) is 0. The van der Waals surface area contributed by atoms with Gasteiger partial charge < -0.3 is 9.80 Å². The Kier molecular flexibility index (Phi) is 4.24. The summed E-state index contributed by atoms with van der Waals surface area (Å²) >= 11 is 0. The lowest BCUT2D eigenvalue weighted by Gasteiger charge is -2.33. The number of amides is 1. The van der Waals surface area contributed by atoms with E-state index in [1.54, 1.807) is 0 Å². The van der Waals surface area contributed by atoms with Crippen LogP contribution in [0.25, 0.3) is 0 Å². The zero-order valence-corrected chi connectivity index (χ0v) is 14.1. The Morgan fingerprint density at radius 1 is 0.833 bits per heavy atom. The Balaban J connectivity index is 1.45. The van der Waals surface area contributed by atoms with Crippen molar-refractivity contribution in [2.45, 2.75) is 32.1 Å². The van der Waals surface area contributed by atoms with Gasteiger partial charge in [-0.15, -0.1) is 0 Å². The second kappa shape index (κ2) is 6.68. The second-order valence-electron chi connectivity index (χ2n) is 6.75. The fourth-order valence-corrected chi connectivity index (χ4v) is 4.00. The lowest BCUT2D eigenvalue weighted by molar-refractivity contribution is -0.118. The zero-order chi connectivity index (χ0) is 16.4. The third-order valence-electron chi connectivity index (χ3n) is 5.21. The topological polar surface area (TPSA) is 23.6 Å². The van der Waals surface area contributed by atoms with Crippen LogP contribution in [0.4, 0.5) is 11.4 Å². The molecular weight excluding hydrogens is 296 g/mol. The van der Waals surface area contributed by atoms with Crippen molar-refractivity contribution in [3.63, 3.8) is 0 Å². The smallest absolute Gasteiger partial charge is 0.228 e. The SMILES string of the molecule is O=C(CCN1CCCc2ccccc21)N1CCCc2ccccc21. The molecule has 124 valence electrons. The van der Waals surface area contributed by atoms with E-state index in [9.17, 15) is 4.79 Å². The lowest BCUT2D eigenvalue weighted by Crippen LogP contribution is -2.38. The summed E-state index contributed by atoms with van der Waals surface area (Å²) in [5, 5.41) is 0. The average Bonchev–Trinajstić information content (AvgIpc) is 2.65. The van der Waals surface area contributed by atoms with Gasteiger partial charge in [0.1, 0.15) is 0 Å². The number of rotatable bonds is 3. The van der Waals surface area contributed by atoms with Crippen molar-refractivity contribution in [1.82, 2.24) is 0 Å². The van der Waals surface area contributed by atoms with Gasteiger partial charge in [0.15, 0.2) is 0 Å². The number of carbonyl (C=O) groups excluding carboxylic acids is 1. The quantitative estimate of drug-likeness (QED) is 0.858. The highest BCUT2D eigenvalue weighted by Gasteiger charge is 2.23. The largest absolute Gasteiger partial charge is 0.371 e. The summed E-state index contributed by atoms with van der Waals surface area (Å²) in [6.07, 6.45) is 5.06. The molecule has 24 heavy (non-hydrogen) atoms. The molecule has 2 aromatic carbocycles. The van der Waals surface area contributed by atoms with E-state index in [1.807, 2.05) is 11.0 Å². The third kappa shape index (κ3) is 2.91. The average molecular weight is 320 g/mol. The van der Waals surface area contributed by atoms with E-state index in [-0.39, 0.29) is 5.91 Å². The molecule has 0 unspecified atom stereocenters. The van der Waals surface area contributed by atoms with Crippen LogP contribution in [-0.4, -0.2) is 25.5 Å². The van der Waals surface area contributed by atoms with Crippen LogP contribution in [0.3, 0.4) is 0 Å². The summed E-state index contributed by atoms with van der Waals surface area (Å²) in [6, 6.07) is 16.9. The van der Waals surface area contributed by atoms with Crippen molar-refractivity contribution in [3.8, 4) is 0 Å². The minimum atomic E-state index is 0.255. The van der Waals surface area contributed by atoms with Crippen molar-refractivity contribution in [3.05, 3.63) is 59.7 Å². The van der Waals surface area contributed by atoms with Crippen LogP contribution < -0.4 is 9.80 Å². The first-order valence-electron chi connectivity index (χ1n) is 9.04. The number of nitrogens with zero attached hydrogens (tertiary/aromatic N) is 2. The van der Waals surface area contributed by atoms with Gasteiger partial charge in [-0.25, -0.2) is 0 Å². The maximum Gasteiger partial charge on any atom is 0.228 e. The molecule has 2 aliphatic rings. The van der Waals surface area contributed by atoms with Crippen LogP contribution in [-0.2, 0) is 17.6 Å². The number of fused-ring (bicyclic) bond motifs is 2. The number of para-hydroxylation sites is 2. The van der Waals surface area contributed by atoms with Gasteiger partial charge in [-0.3, -0.25) is 4.79 Å². The van der Waals surface area contributed by atoms with E-state index < -0.39 is 0 Å². The fourth-order valence-electron chi connectivity index (χ4n) is 4.00. The summed E-state index contributed by atoms with van der Waals surface area (Å²) in [5.74, 6) is 0.255. The molecule has 2 aliphatic heterocycles. The molecule has 1 amide bonds. The van der Waals surface area contributed by atoms with Gasteiger partial charge in [0, 0.05) is 37.4 Å². The molecule has 0 saturated carbocycles. The number of hydrogen-bond acceptors (Lipinski definition) is 2. The van der Waals surface area contributed by atoms with Gasteiger partial charge in [-0.2, -0.15) is 0 Å². The highest BCUT2D eigenvalue weighted by molar-refractivity contribution is 5.94. The van der Waals surface area contributed by atoms with Crippen molar-refractivity contribution in [2.75, 3.05) is 29.4 Å². The van der Waals surface area contributed by atoms with Crippen molar-refractivity contribution >= 4 is 17.3 Å². The Bertz CT molecular complexity index is 740. The Morgan fingerprint density at radius 3 is 2.25 bits per heavy atom. The molecule has 0 aromatic heterocycles. The molecule has 0 radical (unpaired) electrons. The molecule has 0 fully saturated rings. The summed E-state index contributed by atoms with van der Waals surface area (Å²) in [4.78, 5) is 17.2. The predicted molar refractivity (Wildman–Crippen MR) is 98.7 cm³/mol. The minimum absolute atomic E-state index is 0.255. The molecule has 0 bridgehead atoms. The summed E-state index contributed by atoms with van der Waals surface area (Å²) < 4.78 is 0. The molecule has 2 heterocycles. The fraction of sp³-hybridized carbons (Fsp3) is 0.381. The van der Waals surface area contributed by atoms with E-state index in [0.717, 1.165) is 44.6 Å². The molecule has 0 atom stereocenters. The molecule has 4 rings (SSSR count). The van der Waals surface area contributed by atoms with Crippen LogP contribution in [0, 0.1) is 0 Å². The summed E-state index contributed by atoms with van der Waals surface area (Å²) in [5.41, 5.74) is 5.16. The molecule has 2 aromatic rings. The van der Waals surface area contributed by atoms with Crippen LogP contribution >= 0.6 is 0 Å². The number of anilines is 2. The van der Waals surface area contributed by atoms with Gasteiger partial charge in [-0.05, 0) is 48.9 Å². The maximum absolute atomic E-state index is 12.8. The van der Waals surface area contributed by atoms with E-state index >= 15 is 0 Å². The zero-order valence-electron chi connectivity index (χ0n) is 14.1. The van der Waals surface area contributed by atoms with Crippen LogP contribution in [0.2, 0.25) is 0 Å². The normalized spacial score (nSPS) is 16.5. The van der Waals surface area contributed by atoms with Crippen molar-refractivity contribution < 1.29 is 4.79 Å². The van der Waals surface area contributed by atoms with Gasteiger partial charge in [-0.1, -0.05) is 36.4 Å². The van der Waals surface area contributed by atoms with E-state index in [1.165, 1.54) is 23.2 Å². The second-order valence-corrected chi connectivity index (χ2v) is 6.75. The standard InChI is InChI=1S/C21H24N2O/c24-21(23-15-6-10-18-8-2-4-12-20(18)23)13-16-22-14-5-9-17-7-1-3-11-19(17)22/h1-4,7-8,11-12H,5-6,9-10,13-16H2. The van der Waals surface area contributed by atoms with E-state index in [4.69, 9.17) is 0 Å². The maximum atomic E-state index is 12.8. The van der Waals surface area contributed by atoms with E-state index in [0.29, 0.717) is 6.42 Å². The lowest BCUT2D eigenvalue weighted by atomic mass is 10.0. The molecule has 3 nitrogen and oxygen atoms in total. The predicted octanol–water partition coefficient (Wildman–Crippen LogP) is 3.81. The first kappa shape index (κ1) is 15.3. The monoisotopic (exact) mass is 320 g/mol. The van der Waals surface area contributed by atoms with Gasteiger partial charge in [0.25, 0.3) is 0 Å². The highest BCUT2D eigenvalue weighted by Crippen LogP contribution is 2.29. The summed E-state index contributed by atoms with van der Waals surface area (Å²) in [7, 11) is 0. The summed E-state index contributed by atoms with van der Waals surface area (Å²) in [6.45, 7) is 2.72. The number of benzene rings is 2. The van der Waals surface area contributed by atoms with Crippen LogP contribution in [0.5, 0.6) is 0 Å². The molecule has 0 spiro atoms. The van der Waals surface area contributed by atoms with E-state index in [2.05, 4.69) is 47.4 Å². The van der Waals surface area contributed by atoms with Crippen LogP contribution in [0.1, 0.15) is 30.4 Å².